The smallest absolute Gasteiger partial charge is 0.222 e. The fourth-order valence-electron chi connectivity index (χ4n) is 2.00. The minimum Gasteiger partial charge on any atom is -0.393 e. The third-order valence-electron chi connectivity index (χ3n) is 3.30. The Labute approximate surface area is 97.4 Å². The van der Waals surface area contributed by atoms with Gasteiger partial charge in [0.2, 0.25) is 5.91 Å². The summed E-state index contributed by atoms with van der Waals surface area (Å²) in [5.74, 6) is 0.0622. The van der Waals surface area contributed by atoms with Crippen LogP contribution in [0.15, 0.2) is 0 Å². The van der Waals surface area contributed by atoms with Crippen molar-refractivity contribution in [3.8, 4) is 0 Å². The molecule has 94 valence electrons. The molecule has 0 aromatic carbocycles. The molecule has 1 aliphatic carbocycles. The summed E-state index contributed by atoms with van der Waals surface area (Å²) < 4.78 is 5.39. The molecule has 0 spiro atoms. The van der Waals surface area contributed by atoms with Crippen LogP contribution in [0.25, 0.3) is 0 Å². The fraction of sp³-hybridized carbons (Fsp3) is 0.917. The first-order chi connectivity index (χ1) is 7.58. The van der Waals surface area contributed by atoms with E-state index < -0.39 is 0 Å². The SMILES string of the molecule is COC1(CC(=O)NCCCC(C)O)CCC1. The molecular formula is C12H23NO3. The Morgan fingerprint density at radius 1 is 1.56 bits per heavy atom. The average Bonchev–Trinajstić information content (AvgIpc) is 2.18. The summed E-state index contributed by atoms with van der Waals surface area (Å²) in [4.78, 5) is 11.6. The molecule has 0 aromatic rings. The average molecular weight is 229 g/mol. The van der Waals surface area contributed by atoms with E-state index >= 15 is 0 Å². The Hall–Kier alpha value is -0.610. The molecule has 16 heavy (non-hydrogen) atoms. The molecule has 0 aliphatic heterocycles. The van der Waals surface area contributed by atoms with Crippen molar-refractivity contribution in [3.63, 3.8) is 0 Å². The van der Waals surface area contributed by atoms with Crippen molar-refractivity contribution in [2.45, 2.75) is 57.2 Å². The first-order valence-electron chi connectivity index (χ1n) is 6.08. The molecule has 0 bridgehead atoms. The molecule has 0 aromatic heterocycles. The van der Waals surface area contributed by atoms with Crippen molar-refractivity contribution in [3.05, 3.63) is 0 Å². The molecule has 1 unspecified atom stereocenters. The van der Waals surface area contributed by atoms with Crippen LogP contribution in [-0.2, 0) is 9.53 Å². The number of ether oxygens (including phenoxy) is 1. The van der Waals surface area contributed by atoms with Gasteiger partial charge in [0.05, 0.1) is 18.1 Å². The summed E-state index contributed by atoms with van der Waals surface area (Å²) in [5, 5.41) is 11.9. The van der Waals surface area contributed by atoms with Gasteiger partial charge < -0.3 is 15.2 Å². The van der Waals surface area contributed by atoms with Crippen molar-refractivity contribution in [1.29, 1.82) is 0 Å². The Kier molecular flexibility index (Phi) is 5.22. The quantitative estimate of drug-likeness (QED) is 0.645. The first-order valence-corrected chi connectivity index (χ1v) is 6.08. The third kappa shape index (κ3) is 4.10. The molecule has 1 amide bonds. The molecule has 1 saturated carbocycles. The third-order valence-corrected chi connectivity index (χ3v) is 3.30. The lowest BCUT2D eigenvalue weighted by atomic mass is 9.77. The standard InChI is InChI=1S/C12H23NO3/c1-10(14)5-3-8-13-11(15)9-12(16-2)6-4-7-12/h10,14H,3-9H2,1-2H3,(H,13,15). The van der Waals surface area contributed by atoms with E-state index in [0.717, 1.165) is 32.1 Å². The number of amides is 1. The predicted octanol–water partition coefficient (Wildman–Crippen LogP) is 1.22. The lowest BCUT2D eigenvalue weighted by Crippen LogP contribution is -2.44. The van der Waals surface area contributed by atoms with E-state index in [1.807, 2.05) is 0 Å². The Bertz CT molecular complexity index is 219. The first kappa shape index (κ1) is 13.5. The van der Waals surface area contributed by atoms with Gasteiger partial charge in [-0.25, -0.2) is 0 Å². The van der Waals surface area contributed by atoms with Crippen LogP contribution >= 0.6 is 0 Å². The second-order valence-corrected chi connectivity index (χ2v) is 4.76. The second-order valence-electron chi connectivity index (χ2n) is 4.76. The van der Waals surface area contributed by atoms with Gasteiger partial charge in [0.25, 0.3) is 0 Å². The number of carbonyl (C=O) groups excluding carboxylic acids is 1. The minimum absolute atomic E-state index is 0.0622. The number of rotatable bonds is 7. The van der Waals surface area contributed by atoms with Gasteiger partial charge in [-0.2, -0.15) is 0 Å². The minimum atomic E-state index is -0.283. The van der Waals surface area contributed by atoms with Gasteiger partial charge in [0, 0.05) is 13.7 Å². The van der Waals surface area contributed by atoms with E-state index in [4.69, 9.17) is 9.84 Å². The summed E-state index contributed by atoms with van der Waals surface area (Å²) in [5.41, 5.74) is -0.186. The Morgan fingerprint density at radius 2 is 2.25 bits per heavy atom. The van der Waals surface area contributed by atoms with Crippen molar-refractivity contribution in [1.82, 2.24) is 5.32 Å². The normalized spacial score (nSPS) is 19.9. The molecule has 4 nitrogen and oxygen atoms in total. The molecule has 4 heteroatoms. The highest BCUT2D eigenvalue weighted by atomic mass is 16.5. The lowest BCUT2D eigenvalue weighted by molar-refractivity contribution is -0.134. The molecule has 1 fully saturated rings. The van der Waals surface area contributed by atoms with Crippen LogP contribution < -0.4 is 5.32 Å². The summed E-state index contributed by atoms with van der Waals surface area (Å²) in [6.45, 7) is 2.40. The van der Waals surface area contributed by atoms with E-state index in [9.17, 15) is 4.79 Å². The van der Waals surface area contributed by atoms with Crippen LogP contribution in [0.1, 0.15) is 45.4 Å². The molecule has 0 heterocycles. The van der Waals surface area contributed by atoms with E-state index in [1.165, 1.54) is 0 Å². The van der Waals surface area contributed by atoms with E-state index in [2.05, 4.69) is 5.32 Å². The molecule has 0 radical (unpaired) electrons. The Balaban J connectivity index is 2.11. The number of aliphatic hydroxyl groups is 1. The van der Waals surface area contributed by atoms with Gasteiger partial charge in [-0.1, -0.05) is 0 Å². The number of hydrogen-bond acceptors (Lipinski definition) is 3. The maximum absolute atomic E-state index is 11.6. The highest BCUT2D eigenvalue weighted by Gasteiger charge is 2.38. The van der Waals surface area contributed by atoms with Gasteiger partial charge in [-0.15, -0.1) is 0 Å². The maximum Gasteiger partial charge on any atom is 0.222 e. The monoisotopic (exact) mass is 229 g/mol. The zero-order valence-corrected chi connectivity index (χ0v) is 10.3. The topological polar surface area (TPSA) is 58.6 Å². The van der Waals surface area contributed by atoms with Crippen molar-refractivity contribution >= 4 is 5.91 Å². The van der Waals surface area contributed by atoms with Crippen LogP contribution in [-0.4, -0.2) is 36.4 Å². The van der Waals surface area contributed by atoms with Gasteiger partial charge in [-0.3, -0.25) is 4.79 Å². The van der Waals surface area contributed by atoms with Gasteiger partial charge in [0.1, 0.15) is 0 Å². The van der Waals surface area contributed by atoms with Gasteiger partial charge in [0.15, 0.2) is 0 Å². The lowest BCUT2D eigenvalue weighted by Gasteiger charge is -2.39. The molecule has 2 N–H and O–H groups in total. The highest BCUT2D eigenvalue weighted by molar-refractivity contribution is 5.77. The highest BCUT2D eigenvalue weighted by Crippen LogP contribution is 2.37. The molecule has 0 saturated heterocycles. The largest absolute Gasteiger partial charge is 0.393 e. The fourth-order valence-corrected chi connectivity index (χ4v) is 2.00. The molecule has 1 rings (SSSR count). The van der Waals surface area contributed by atoms with Crippen molar-refractivity contribution in [2.75, 3.05) is 13.7 Å². The molecule has 1 atom stereocenters. The van der Waals surface area contributed by atoms with Crippen LogP contribution in [0.4, 0.5) is 0 Å². The number of aliphatic hydroxyl groups excluding tert-OH is 1. The number of hydrogen-bond donors (Lipinski definition) is 2. The number of methoxy groups -OCH3 is 1. The summed E-state index contributed by atoms with van der Waals surface area (Å²) >= 11 is 0. The zero-order chi connectivity index (χ0) is 12.0. The number of nitrogens with one attached hydrogen (secondary N) is 1. The molecular weight excluding hydrogens is 206 g/mol. The van der Waals surface area contributed by atoms with Crippen LogP contribution in [0.2, 0.25) is 0 Å². The second kappa shape index (κ2) is 6.21. The van der Waals surface area contributed by atoms with E-state index in [-0.39, 0.29) is 17.6 Å². The number of carbonyl (C=O) groups is 1. The van der Waals surface area contributed by atoms with E-state index in [0.29, 0.717) is 13.0 Å². The molecule has 1 aliphatic rings. The van der Waals surface area contributed by atoms with Gasteiger partial charge in [-0.05, 0) is 39.0 Å². The van der Waals surface area contributed by atoms with Crippen LogP contribution in [0, 0.1) is 0 Å². The van der Waals surface area contributed by atoms with Crippen molar-refractivity contribution < 1.29 is 14.6 Å². The predicted molar refractivity (Wildman–Crippen MR) is 62.1 cm³/mol. The van der Waals surface area contributed by atoms with Gasteiger partial charge >= 0.3 is 0 Å². The Morgan fingerprint density at radius 3 is 2.69 bits per heavy atom. The summed E-state index contributed by atoms with van der Waals surface area (Å²) in [6, 6.07) is 0. The summed E-state index contributed by atoms with van der Waals surface area (Å²) in [7, 11) is 1.68. The van der Waals surface area contributed by atoms with Crippen LogP contribution in [0.3, 0.4) is 0 Å². The summed E-state index contributed by atoms with van der Waals surface area (Å²) in [6.07, 6.45) is 4.88. The van der Waals surface area contributed by atoms with Crippen LogP contribution in [0.5, 0.6) is 0 Å². The van der Waals surface area contributed by atoms with Crippen molar-refractivity contribution in [2.24, 2.45) is 0 Å². The van der Waals surface area contributed by atoms with E-state index in [1.54, 1.807) is 14.0 Å². The maximum atomic E-state index is 11.6. The zero-order valence-electron chi connectivity index (χ0n) is 10.3.